The van der Waals surface area contributed by atoms with Gasteiger partial charge in [-0.25, -0.2) is 0 Å². The smallest absolute Gasteiger partial charge is 0.265 e. The van der Waals surface area contributed by atoms with E-state index in [1.165, 1.54) is 6.07 Å². The Morgan fingerprint density at radius 2 is 2.06 bits per heavy atom. The molecular formula is C12H17N3O2. The highest BCUT2D eigenvalue weighted by Gasteiger charge is 2.11. The third-order valence-electron chi connectivity index (χ3n) is 2.43. The molecule has 0 saturated carbocycles. The summed E-state index contributed by atoms with van der Waals surface area (Å²) in [7, 11) is 0. The van der Waals surface area contributed by atoms with Crippen molar-refractivity contribution in [2.75, 3.05) is 0 Å². The highest BCUT2D eigenvalue weighted by Crippen LogP contribution is 2.23. The van der Waals surface area contributed by atoms with Gasteiger partial charge in [-0.3, -0.25) is 14.8 Å². The highest BCUT2D eigenvalue weighted by atomic mass is 16.6. The van der Waals surface area contributed by atoms with Crippen molar-refractivity contribution in [1.82, 2.24) is 9.78 Å². The van der Waals surface area contributed by atoms with Gasteiger partial charge >= 0.3 is 0 Å². The lowest BCUT2D eigenvalue weighted by molar-refractivity contribution is -0.384. The van der Waals surface area contributed by atoms with Gasteiger partial charge in [0.05, 0.1) is 16.1 Å². The number of hydrogen-bond acceptors (Lipinski definition) is 3. The molecule has 1 aromatic heterocycles. The molecule has 0 radical (unpaired) electrons. The number of non-ortho nitro benzene ring substituents is 1. The normalized spacial score (nSPS) is 9.88. The predicted molar refractivity (Wildman–Crippen MR) is 68.1 cm³/mol. The zero-order chi connectivity index (χ0) is 13.0. The van der Waals surface area contributed by atoms with E-state index in [1.807, 2.05) is 27.7 Å². The van der Waals surface area contributed by atoms with Crippen LogP contribution in [0.3, 0.4) is 0 Å². The van der Waals surface area contributed by atoms with Crippen LogP contribution < -0.4 is 0 Å². The van der Waals surface area contributed by atoms with Crippen LogP contribution in [0.25, 0.3) is 10.9 Å². The summed E-state index contributed by atoms with van der Waals surface area (Å²) in [6, 6.07) is 4.83. The summed E-state index contributed by atoms with van der Waals surface area (Å²) >= 11 is 0. The quantitative estimate of drug-likeness (QED) is 0.592. The lowest BCUT2D eigenvalue weighted by Gasteiger charge is -1.97. The molecule has 0 aliphatic rings. The number of aryl methyl sites for hydroxylation is 2. The zero-order valence-electron chi connectivity index (χ0n) is 10.6. The first-order chi connectivity index (χ1) is 8.13. The van der Waals surface area contributed by atoms with Gasteiger partial charge in [0, 0.05) is 24.1 Å². The summed E-state index contributed by atoms with van der Waals surface area (Å²) in [6.07, 6.45) is 0. The Morgan fingerprint density at radius 3 is 2.59 bits per heavy atom. The largest absolute Gasteiger partial charge is 0.271 e. The predicted octanol–water partition coefficient (Wildman–Crippen LogP) is 3.30. The number of fused-ring (bicyclic) bond motifs is 1. The van der Waals surface area contributed by atoms with Crippen LogP contribution in [0, 0.1) is 17.0 Å². The Bertz CT molecular complexity index is 532. The van der Waals surface area contributed by atoms with E-state index in [0.29, 0.717) is 6.54 Å². The summed E-state index contributed by atoms with van der Waals surface area (Å²) < 4.78 is 1.78. The van der Waals surface area contributed by atoms with Gasteiger partial charge in [0.1, 0.15) is 0 Å². The molecule has 0 bridgehead atoms. The Balaban J connectivity index is 0.000000686. The van der Waals surface area contributed by atoms with Gasteiger partial charge in [-0.05, 0) is 19.9 Å². The van der Waals surface area contributed by atoms with Crippen molar-refractivity contribution in [1.29, 1.82) is 0 Å². The molecule has 2 aromatic rings. The van der Waals surface area contributed by atoms with Gasteiger partial charge in [0.15, 0.2) is 0 Å². The first-order valence-electron chi connectivity index (χ1n) is 5.75. The van der Waals surface area contributed by atoms with Crippen molar-refractivity contribution in [2.45, 2.75) is 34.2 Å². The first-order valence-corrected chi connectivity index (χ1v) is 5.75. The number of benzene rings is 1. The lowest BCUT2D eigenvalue weighted by Crippen LogP contribution is -1.96. The van der Waals surface area contributed by atoms with Gasteiger partial charge in [-0.2, -0.15) is 5.10 Å². The topological polar surface area (TPSA) is 61.0 Å². The standard InChI is InChI=1S/C10H11N3O2.C2H6/c1-3-12-10-6-8(13(14)15)4-5-9(10)7(2)11-12;1-2/h4-6H,3H2,1-2H3;1-2H3. The van der Waals surface area contributed by atoms with Gasteiger partial charge in [0.2, 0.25) is 0 Å². The molecular weight excluding hydrogens is 218 g/mol. The van der Waals surface area contributed by atoms with Crippen LogP contribution >= 0.6 is 0 Å². The fourth-order valence-corrected chi connectivity index (χ4v) is 1.68. The second kappa shape index (κ2) is 5.43. The van der Waals surface area contributed by atoms with E-state index in [4.69, 9.17) is 0 Å². The van der Waals surface area contributed by atoms with E-state index in [1.54, 1.807) is 16.8 Å². The molecule has 0 amide bonds. The summed E-state index contributed by atoms with van der Waals surface area (Å²) in [4.78, 5) is 10.2. The molecule has 92 valence electrons. The van der Waals surface area contributed by atoms with Gasteiger partial charge in [-0.1, -0.05) is 13.8 Å². The summed E-state index contributed by atoms with van der Waals surface area (Å²) in [5.41, 5.74) is 1.84. The zero-order valence-corrected chi connectivity index (χ0v) is 10.6. The molecule has 5 nitrogen and oxygen atoms in total. The van der Waals surface area contributed by atoms with Crippen LogP contribution in [0.2, 0.25) is 0 Å². The fraction of sp³-hybridized carbons (Fsp3) is 0.417. The van der Waals surface area contributed by atoms with Gasteiger partial charge in [0.25, 0.3) is 5.69 Å². The molecule has 0 N–H and O–H groups in total. The molecule has 5 heteroatoms. The van der Waals surface area contributed by atoms with E-state index in [2.05, 4.69) is 5.10 Å². The summed E-state index contributed by atoms with van der Waals surface area (Å²) in [6.45, 7) is 8.58. The first kappa shape index (κ1) is 13.2. The molecule has 17 heavy (non-hydrogen) atoms. The minimum Gasteiger partial charge on any atom is -0.265 e. The SMILES string of the molecule is CC.CCn1nc(C)c2ccc([N+](=O)[O-])cc21. The Morgan fingerprint density at radius 1 is 1.41 bits per heavy atom. The maximum Gasteiger partial charge on any atom is 0.271 e. The molecule has 0 unspecified atom stereocenters. The monoisotopic (exact) mass is 235 g/mol. The number of nitrogens with zero attached hydrogens (tertiary/aromatic N) is 3. The number of aromatic nitrogens is 2. The molecule has 0 fully saturated rings. The minimum absolute atomic E-state index is 0.108. The lowest BCUT2D eigenvalue weighted by atomic mass is 10.2. The Hall–Kier alpha value is -1.91. The number of rotatable bonds is 2. The second-order valence-electron chi connectivity index (χ2n) is 3.36. The van der Waals surface area contributed by atoms with E-state index in [0.717, 1.165) is 16.6 Å². The average Bonchev–Trinajstić information content (AvgIpc) is 2.68. The van der Waals surface area contributed by atoms with E-state index >= 15 is 0 Å². The van der Waals surface area contributed by atoms with Gasteiger partial charge < -0.3 is 0 Å². The van der Waals surface area contributed by atoms with Crippen LogP contribution in [-0.4, -0.2) is 14.7 Å². The molecule has 0 aliphatic heterocycles. The maximum atomic E-state index is 10.6. The maximum absolute atomic E-state index is 10.6. The molecule has 0 atom stereocenters. The molecule has 1 heterocycles. The van der Waals surface area contributed by atoms with Crippen LogP contribution in [-0.2, 0) is 6.54 Å². The Labute approximate surface area is 100 Å². The molecule has 1 aromatic carbocycles. The minimum atomic E-state index is -0.387. The van der Waals surface area contributed by atoms with Crippen LogP contribution in [0.5, 0.6) is 0 Å². The van der Waals surface area contributed by atoms with E-state index in [9.17, 15) is 10.1 Å². The summed E-state index contributed by atoms with van der Waals surface area (Å²) in [5, 5.41) is 15.9. The van der Waals surface area contributed by atoms with Crippen molar-refractivity contribution in [3.05, 3.63) is 34.0 Å². The third kappa shape index (κ3) is 2.43. The molecule has 2 rings (SSSR count). The Kier molecular flexibility index (Phi) is 4.20. The number of hydrogen-bond donors (Lipinski definition) is 0. The number of nitro benzene ring substituents is 1. The van der Waals surface area contributed by atoms with Crippen LogP contribution in [0.15, 0.2) is 18.2 Å². The van der Waals surface area contributed by atoms with Crippen molar-refractivity contribution in [3.8, 4) is 0 Å². The molecule has 0 saturated heterocycles. The highest BCUT2D eigenvalue weighted by molar-refractivity contribution is 5.83. The summed E-state index contributed by atoms with van der Waals surface area (Å²) in [5.74, 6) is 0. The van der Waals surface area contributed by atoms with E-state index < -0.39 is 0 Å². The average molecular weight is 235 g/mol. The van der Waals surface area contributed by atoms with Crippen LogP contribution in [0.4, 0.5) is 5.69 Å². The van der Waals surface area contributed by atoms with E-state index in [-0.39, 0.29) is 10.6 Å². The number of nitro groups is 1. The second-order valence-corrected chi connectivity index (χ2v) is 3.36. The molecule has 0 spiro atoms. The van der Waals surface area contributed by atoms with Crippen molar-refractivity contribution >= 4 is 16.6 Å². The molecule has 0 aliphatic carbocycles. The van der Waals surface area contributed by atoms with Gasteiger partial charge in [-0.15, -0.1) is 0 Å². The van der Waals surface area contributed by atoms with Crippen LogP contribution in [0.1, 0.15) is 26.5 Å². The fourth-order valence-electron chi connectivity index (χ4n) is 1.68. The van der Waals surface area contributed by atoms with Crippen molar-refractivity contribution in [2.24, 2.45) is 0 Å². The van der Waals surface area contributed by atoms with Crippen molar-refractivity contribution in [3.63, 3.8) is 0 Å². The third-order valence-corrected chi connectivity index (χ3v) is 2.43. The van der Waals surface area contributed by atoms with Crippen molar-refractivity contribution < 1.29 is 4.92 Å².